The maximum absolute atomic E-state index is 11.7. The van der Waals surface area contributed by atoms with Gasteiger partial charge in [-0.15, -0.1) is 0 Å². The first kappa shape index (κ1) is 15.9. The summed E-state index contributed by atoms with van der Waals surface area (Å²) in [7, 11) is -3.69. The molecule has 6 nitrogen and oxygen atoms in total. The quantitative estimate of drug-likeness (QED) is 0.731. The Morgan fingerprint density at radius 1 is 1.42 bits per heavy atom. The Morgan fingerprint density at radius 2 is 2.05 bits per heavy atom. The molecule has 0 fully saturated rings. The molecule has 0 aliphatic heterocycles. The molecule has 3 N–H and O–H groups in total. The molecule has 0 aliphatic rings. The molecule has 106 valence electrons. The molecule has 0 saturated carbocycles. The summed E-state index contributed by atoms with van der Waals surface area (Å²) < 4.78 is 28.4. The highest BCUT2D eigenvalue weighted by Crippen LogP contribution is 2.21. The molecule has 1 rings (SSSR count). The smallest absolute Gasteiger partial charge is 0.336 e. The molecule has 0 bridgehead atoms. The van der Waals surface area contributed by atoms with Gasteiger partial charge in [-0.3, -0.25) is 4.72 Å². The van der Waals surface area contributed by atoms with Crippen molar-refractivity contribution in [2.45, 2.75) is 13.8 Å². The number of rotatable bonds is 6. The van der Waals surface area contributed by atoms with Crippen LogP contribution in [0, 0.1) is 5.92 Å². The summed E-state index contributed by atoms with van der Waals surface area (Å²) in [6, 6.07) is 4.20. The van der Waals surface area contributed by atoms with E-state index in [0.717, 1.165) is 0 Å². The van der Waals surface area contributed by atoms with Crippen LogP contribution in [-0.4, -0.2) is 26.0 Å². The Bertz CT molecular complexity index is 572. The number of carboxylic acids is 1. The number of carboxylic acid groups (broad SMARTS) is 1. The van der Waals surface area contributed by atoms with Gasteiger partial charge in [0.15, 0.2) is 0 Å². The van der Waals surface area contributed by atoms with Crippen LogP contribution < -0.4 is 9.44 Å². The van der Waals surface area contributed by atoms with Gasteiger partial charge in [-0.05, 0) is 40.0 Å². The molecular formula is C11H15BrN2O4S. The van der Waals surface area contributed by atoms with Gasteiger partial charge < -0.3 is 5.11 Å². The van der Waals surface area contributed by atoms with Crippen LogP contribution in [0.1, 0.15) is 24.2 Å². The summed E-state index contributed by atoms with van der Waals surface area (Å²) in [5, 5.41) is 8.94. The lowest BCUT2D eigenvalue weighted by atomic mass is 10.2. The van der Waals surface area contributed by atoms with Crippen LogP contribution >= 0.6 is 15.9 Å². The average molecular weight is 351 g/mol. The second kappa shape index (κ2) is 6.36. The minimum atomic E-state index is -3.69. The lowest BCUT2D eigenvalue weighted by Crippen LogP contribution is -2.32. The highest BCUT2D eigenvalue weighted by atomic mass is 79.9. The third kappa shape index (κ3) is 5.17. The van der Waals surface area contributed by atoms with Gasteiger partial charge in [-0.2, -0.15) is 13.1 Å². The fourth-order valence-electron chi connectivity index (χ4n) is 1.22. The summed E-state index contributed by atoms with van der Waals surface area (Å²) in [6.07, 6.45) is 0. The number of benzene rings is 1. The highest BCUT2D eigenvalue weighted by molar-refractivity contribution is 9.10. The van der Waals surface area contributed by atoms with E-state index in [-0.39, 0.29) is 17.2 Å². The third-order valence-electron chi connectivity index (χ3n) is 2.13. The number of hydrogen-bond acceptors (Lipinski definition) is 3. The number of hydrogen-bond donors (Lipinski definition) is 3. The zero-order valence-corrected chi connectivity index (χ0v) is 12.9. The van der Waals surface area contributed by atoms with E-state index in [1.54, 1.807) is 0 Å². The van der Waals surface area contributed by atoms with Crippen molar-refractivity contribution in [3.8, 4) is 0 Å². The van der Waals surface area contributed by atoms with E-state index >= 15 is 0 Å². The van der Waals surface area contributed by atoms with E-state index in [9.17, 15) is 13.2 Å². The molecule has 0 unspecified atom stereocenters. The monoisotopic (exact) mass is 350 g/mol. The van der Waals surface area contributed by atoms with Gasteiger partial charge in [-0.1, -0.05) is 13.8 Å². The van der Waals surface area contributed by atoms with Crippen molar-refractivity contribution in [3.05, 3.63) is 28.2 Å². The Morgan fingerprint density at radius 3 is 2.58 bits per heavy atom. The van der Waals surface area contributed by atoms with Gasteiger partial charge in [0.1, 0.15) is 0 Å². The SMILES string of the molecule is CC(C)CNS(=O)(=O)Nc1ccc(Br)c(C(=O)O)c1. The van der Waals surface area contributed by atoms with Crippen molar-refractivity contribution in [1.29, 1.82) is 0 Å². The standard InChI is InChI=1S/C11H15BrN2O4S/c1-7(2)6-13-19(17,18)14-8-3-4-10(12)9(5-8)11(15)16/h3-5,7,13-14H,6H2,1-2H3,(H,15,16). The first-order chi connectivity index (χ1) is 8.71. The second-order valence-electron chi connectivity index (χ2n) is 4.35. The Balaban J connectivity index is 2.88. The van der Waals surface area contributed by atoms with Crippen molar-refractivity contribution in [2.75, 3.05) is 11.3 Å². The van der Waals surface area contributed by atoms with Crippen LogP contribution in [0.4, 0.5) is 5.69 Å². The number of carbonyl (C=O) groups is 1. The van der Waals surface area contributed by atoms with Crippen LogP contribution in [0.5, 0.6) is 0 Å². The van der Waals surface area contributed by atoms with E-state index in [1.807, 2.05) is 13.8 Å². The van der Waals surface area contributed by atoms with Crippen molar-refractivity contribution < 1.29 is 18.3 Å². The van der Waals surface area contributed by atoms with Crippen LogP contribution in [-0.2, 0) is 10.2 Å². The van der Waals surface area contributed by atoms with Crippen LogP contribution in [0.3, 0.4) is 0 Å². The zero-order valence-electron chi connectivity index (χ0n) is 10.5. The molecule has 0 aliphatic carbocycles. The molecule has 1 aromatic carbocycles. The molecule has 0 saturated heterocycles. The molecular weight excluding hydrogens is 336 g/mol. The lowest BCUT2D eigenvalue weighted by Gasteiger charge is -2.11. The normalized spacial score (nSPS) is 11.6. The predicted molar refractivity (Wildman–Crippen MR) is 76.5 cm³/mol. The van der Waals surface area contributed by atoms with Crippen molar-refractivity contribution >= 4 is 37.8 Å². The fraction of sp³-hybridized carbons (Fsp3) is 0.364. The van der Waals surface area contributed by atoms with Crippen molar-refractivity contribution in [3.63, 3.8) is 0 Å². The molecule has 0 radical (unpaired) electrons. The second-order valence-corrected chi connectivity index (χ2v) is 6.70. The van der Waals surface area contributed by atoms with Crippen LogP contribution in [0.15, 0.2) is 22.7 Å². The first-order valence-electron chi connectivity index (χ1n) is 5.51. The molecule has 19 heavy (non-hydrogen) atoms. The number of aromatic carboxylic acids is 1. The Kier molecular flexibility index (Phi) is 5.33. The number of anilines is 1. The summed E-state index contributed by atoms with van der Waals surface area (Å²) in [5.74, 6) is -0.959. The Hall–Kier alpha value is -1.12. The molecule has 0 atom stereocenters. The summed E-state index contributed by atoms with van der Waals surface area (Å²) in [4.78, 5) is 10.9. The van der Waals surface area contributed by atoms with E-state index < -0.39 is 16.2 Å². The molecule has 0 amide bonds. The first-order valence-corrected chi connectivity index (χ1v) is 7.79. The van der Waals surface area contributed by atoms with E-state index in [2.05, 4.69) is 25.4 Å². The van der Waals surface area contributed by atoms with E-state index in [1.165, 1.54) is 18.2 Å². The van der Waals surface area contributed by atoms with Gasteiger partial charge in [0.2, 0.25) is 0 Å². The van der Waals surface area contributed by atoms with Gasteiger partial charge in [0.05, 0.1) is 11.3 Å². The summed E-state index contributed by atoms with van der Waals surface area (Å²) in [5.41, 5.74) is 0.181. The molecule has 0 aromatic heterocycles. The maximum atomic E-state index is 11.7. The minimum Gasteiger partial charge on any atom is -0.478 e. The van der Waals surface area contributed by atoms with E-state index in [0.29, 0.717) is 11.0 Å². The topological polar surface area (TPSA) is 95.5 Å². The number of halogens is 1. The van der Waals surface area contributed by atoms with Crippen LogP contribution in [0.25, 0.3) is 0 Å². The maximum Gasteiger partial charge on any atom is 0.336 e. The Labute approximate surface area is 120 Å². The van der Waals surface area contributed by atoms with Crippen molar-refractivity contribution in [1.82, 2.24) is 4.72 Å². The molecule has 0 heterocycles. The van der Waals surface area contributed by atoms with Gasteiger partial charge in [-0.25, -0.2) is 4.79 Å². The van der Waals surface area contributed by atoms with Gasteiger partial charge in [0.25, 0.3) is 10.2 Å². The fourth-order valence-corrected chi connectivity index (χ4v) is 2.70. The van der Waals surface area contributed by atoms with Gasteiger partial charge in [0, 0.05) is 11.0 Å². The molecule has 1 aromatic rings. The third-order valence-corrected chi connectivity index (χ3v) is 3.87. The highest BCUT2D eigenvalue weighted by Gasteiger charge is 2.13. The van der Waals surface area contributed by atoms with Gasteiger partial charge >= 0.3 is 5.97 Å². The molecule has 8 heteroatoms. The van der Waals surface area contributed by atoms with Crippen LogP contribution in [0.2, 0.25) is 0 Å². The summed E-state index contributed by atoms with van der Waals surface area (Å²) in [6.45, 7) is 4.06. The number of nitrogens with one attached hydrogen (secondary N) is 2. The van der Waals surface area contributed by atoms with Crippen molar-refractivity contribution in [2.24, 2.45) is 5.92 Å². The average Bonchev–Trinajstić information content (AvgIpc) is 2.28. The predicted octanol–water partition coefficient (Wildman–Crippen LogP) is 2.05. The lowest BCUT2D eigenvalue weighted by molar-refractivity contribution is 0.0696. The molecule has 0 spiro atoms. The zero-order chi connectivity index (χ0) is 14.6. The van der Waals surface area contributed by atoms with E-state index in [4.69, 9.17) is 5.11 Å². The largest absolute Gasteiger partial charge is 0.478 e. The minimum absolute atomic E-state index is 0.0101. The summed E-state index contributed by atoms with van der Waals surface area (Å²) >= 11 is 3.09.